The van der Waals surface area contributed by atoms with E-state index in [1.54, 1.807) is 10.9 Å². The maximum Gasteiger partial charge on any atom is 0.0832 e. The molecule has 0 amide bonds. The summed E-state index contributed by atoms with van der Waals surface area (Å²) in [6.07, 6.45) is 1.74. The minimum Gasteiger partial charge on any atom is -0.324 e. The van der Waals surface area contributed by atoms with Crippen LogP contribution in [-0.2, 0) is 0 Å². The second-order valence-corrected chi connectivity index (χ2v) is 4.82. The van der Waals surface area contributed by atoms with Crippen LogP contribution in [0.3, 0.4) is 0 Å². The Balaban J connectivity index is 2.46. The Kier molecular flexibility index (Phi) is 3.43. The second-order valence-electron chi connectivity index (χ2n) is 4.01. The van der Waals surface area contributed by atoms with Gasteiger partial charge >= 0.3 is 0 Å². The summed E-state index contributed by atoms with van der Waals surface area (Å²) >= 11 is 12.2. The Morgan fingerprint density at radius 2 is 2.00 bits per heavy atom. The molecule has 1 atom stereocenters. The van der Waals surface area contributed by atoms with E-state index in [0.29, 0.717) is 10.0 Å². The van der Waals surface area contributed by atoms with E-state index in [4.69, 9.17) is 28.9 Å². The lowest BCUT2D eigenvalue weighted by molar-refractivity contribution is 0.813. The van der Waals surface area contributed by atoms with E-state index in [0.717, 1.165) is 16.9 Å². The number of hydrogen-bond donors (Lipinski definition) is 1. The molecule has 2 N–H and O–H groups in total. The monoisotopic (exact) mass is 269 g/mol. The highest BCUT2D eigenvalue weighted by Crippen LogP contribution is 2.25. The van der Waals surface area contributed by atoms with Gasteiger partial charge in [0.15, 0.2) is 0 Å². The van der Waals surface area contributed by atoms with Gasteiger partial charge < -0.3 is 5.73 Å². The lowest BCUT2D eigenvalue weighted by atomic mass is 10.1. The van der Waals surface area contributed by atoms with Gasteiger partial charge in [0.1, 0.15) is 0 Å². The van der Waals surface area contributed by atoms with Gasteiger partial charge in [0, 0.05) is 12.2 Å². The van der Waals surface area contributed by atoms with Crippen molar-refractivity contribution in [1.82, 2.24) is 9.78 Å². The first-order chi connectivity index (χ1) is 7.99. The summed E-state index contributed by atoms with van der Waals surface area (Å²) in [7, 11) is 0. The number of nitrogens with zero attached hydrogens (tertiary/aromatic N) is 2. The molecule has 1 aromatic carbocycles. The number of halogens is 2. The molecule has 0 spiro atoms. The molecule has 1 unspecified atom stereocenters. The maximum atomic E-state index is 6.21. The van der Waals surface area contributed by atoms with Crippen molar-refractivity contribution < 1.29 is 0 Å². The van der Waals surface area contributed by atoms with Crippen molar-refractivity contribution in [2.24, 2.45) is 5.73 Å². The molecule has 90 valence electrons. The highest BCUT2D eigenvalue weighted by Gasteiger charge is 2.09. The van der Waals surface area contributed by atoms with Gasteiger partial charge in [-0.3, -0.25) is 0 Å². The van der Waals surface area contributed by atoms with Crippen LogP contribution in [0.4, 0.5) is 0 Å². The van der Waals surface area contributed by atoms with Crippen LogP contribution < -0.4 is 5.73 Å². The molecule has 0 radical (unpaired) electrons. The molecular weight excluding hydrogens is 257 g/mol. The lowest BCUT2D eigenvalue weighted by Crippen LogP contribution is -2.05. The third-order valence-corrected chi connectivity index (χ3v) is 3.26. The zero-order valence-corrected chi connectivity index (χ0v) is 11.1. The Hall–Kier alpha value is -1.03. The smallest absolute Gasteiger partial charge is 0.0832 e. The van der Waals surface area contributed by atoms with Crippen molar-refractivity contribution in [1.29, 1.82) is 0 Å². The first kappa shape index (κ1) is 12.4. The summed E-state index contributed by atoms with van der Waals surface area (Å²) in [5.41, 5.74) is 8.37. The van der Waals surface area contributed by atoms with Crippen LogP contribution in [0.15, 0.2) is 24.4 Å². The summed E-state index contributed by atoms with van der Waals surface area (Å²) in [6.45, 7) is 3.77. The summed E-state index contributed by atoms with van der Waals surface area (Å²) < 4.78 is 1.67. The average Bonchev–Trinajstić information content (AvgIpc) is 2.58. The van der Waals surface area contributed by atoms with Crippen molar-refractivity contribution in [3.05, 3.63) is 45.7 Å². The molecule has 0 aliphatic rings. The minimum absolute atomic E-state index is 0.0375. The Morgan fingerprint density at radius 3 is 2.47 bits per heavy atom. The van der Waals surface area contributed by atoms with Gasteiger partial charge in [-0.25, -0.2) is 4.68 Å². The molecule has 0 saturated carbocycles. The fourth-order valence-corrected chi connectivity index (χ4v) is 1.96. The number of aryl methyl sites for hydroxylation is 1. The number of benzene rings is 1. The molecule has 0 saturated heterocycles. The number of aromatic nitrogens is 2. The molecular formula is C12H13Cl2N3. The third kappa shape index (κ3) is 2.46. The zero-order chi connectivity index (χ0) is 12.6. The van der Waals surface area contributed by atoms with Gasteiger partial charge in [-0.1, -0.05) is 29.3 Å². The van der Waals surface area contributed by atoms with Gasteiger partial charge in [0.25, 0.3) is 0 Å². The molecule has 3 nitrogen and oxygen atoms in total. The fourth-order valence-electron chi connectivity index (χ4n) is 1.55. The zero-order valence-electron chi connectivity index (χ0n) is 9.61. The highest BCUT2D eigenvalue weighted by molar-refractivity contribution is 6.32. The molecule has 1 heterocycles. The average molecular weight is 270 g/mol. The van der Waals surface area contributed by atoms with Crippen molar-refractivity contribution in [3.8, 4) is 5.69 Å². The normalized spacial score (nSPS) is 12.8. The maximum absolute atomic E-state index is 6.21. The van der Waals surface area contributed by atoms with Gasteiger partial charge in [0.2, 0.25) is 0 Å². The number of nitrogens with two attached hydrogens (primary N) is 1. The topological polar surface area (TPSA) is 43.8 Å². The van der Waals surface area contributed by atoms with Gasteiger partial charge in [-0.15, -0.1) is 0 Å². The van der Waals surface area contributed by atoms with E-state index in [2.05, 4.69) is 5.10 Å². The molecule has 0 fully saturated rings. The van der Waals surface area contributed by atoms with Gasteiger partial charge in [-0.2, -0.15) is 5.10 Å². The van der Waals surface area contributed by atoms with Crippen LogP contribution in [0.5, 0.6) is 0 Å². The first-order valence-corrected chi connectivity index (χ1v) is 6.02. The van der Waals surface area contributed by atoms with Crippen molar-refractivity contribution in [3.63, 3.8) is 0 Å². The molecule has 0 bridgehead atoms. The van der Waals surface area contributed by atoms with Crippen molar-refractivity contribution in [2.45, 2.75) is 19.9 Å². The van der Waals surface area contributed by atoms with E-state index in [1.165, 1.54) is 0 Å². The Labute approximate surface area is 110 Å². The van der Waals surface area contributed by atoms with Gasteiger partial charge in [-0.05, 0) is 31.5 Å². The second kappa shape index (κ2) is 4.69. The minimum atomic E-state index is -0.0375. The van der Waals surface area contributed by atoms with Crippen LogP contribution in [0.2, 0.25) is 10.0 Å². The molecule has 0 aliphatic carbocycles. The molecule has 2 aromatic rings. The molecule has 5 heteroatoms. The van der Waals surface area contributed by atoms with Crippen LogP contribution >= 0.6 is 23.2 Å². The van der Waals surface area contributed by atoms with Crippen LogP contribution in [0.1, 0.15) is 24.2 Å². The van der Waals surface area contributed by atoms with E-state index in [9.17, 15) is 0 Å². The highest BCUT2D eigenvalue weighted by atomic mass is 35.5. The summed E-state index contributed by atoms with van der Waals surface area (Å²) in [5, 5.41) is 5.52. The van der Waals surface area contributed by atoms with Gasteiger partial charge in [0.05, 0.1) is 21.4 Å². The predicted octanol–water partition coefficient (Wildman–Crippen LogP) is 3.51. The van der Waals surface area contributed by atoms with E-state index < -0.39 is 0 Å². The lowest BCUT2D eigenvalue weighted by Gasteiger charge is -2.09. The first-order valence-electron chi connectivity index (χ1n) is 5.26. The largest absolute Gasteiger partial charge is 0.324 e. The molecule has 17 heavy (non-hydrogen) atoms. The van der Waals surface area contributed by atoms with Crippen molar-refractivity contribution in [2.75, 3.05) is 0 Å². The molecule has 0 aliphatic heterocycles. The number of rotatable bonds is 2. The quantitative estimate of drug-likeness (QED) is 0.907. The molecule has 1 aromatic heterocycles. The third-order valence-electron chi connectivity index (χ3n) is 2.58. The molecule has 2 rings (SSSR count). The summed E-state index contributed by atoms with van der Waals surface area (Å²) in [4.78, 5) is 0. The fraction of sp³-hybridized carbons (Fsp3) is 0.250. The predicted molar refractivity (Wildman–Crippen MR) is 70.9 cm³/mol. The SMILES string of the molecule is Cc1nn(-c2ccc(C(C)N)cc2Cl)cc1Cl. The Morgan fingerprint density at radius 1 is 1.29 bits per heavy atom. The van der Waals surface area contributed by atoms with Crippen LogP contribution in [0.25, 0.3) is 5.69 Å². The van der Waals surface area contributed by atoms with E-state index in [-0.39, 0.29) is 6.04 Å². The van der Waals surface area contributed by atoms with Crippen LogP contribution in [0, 0.1) is 6.92 Å². The standard InChI is InChI=1S/C12H13Cl2N3/c1-7(15)9-3-4-12(10(13)5-9)17-6-11(14)8(2)16-17/h3-7H,15H2,1-2H3. The summed E-state index contributed by atoms with van der Waals surface area (Å²) in [6, 6.07) is 5.65. The summed E-state index contributed by atoms with van der Waals surface area (Å²) in [5.74, 6) is 0. The number of hydrogen-bond acceptors (Lipinski definition) is 2. The van der Waals surface area contributed by atoms with Crippen molar-refractivity contribution >= 4 is 23.2 Å². The van der Waals surface area contributed by atoms with E-state index >= 15 is 0 Å². The van der Waals surface area contributed by atoms with E-state index in [1.807, 2.05) is 32.0 Å². The Bertz CT molecular complexity index is 527. The van der Waals surface area contributed by atoms with Crippen LogP contribution in [-0.4, -0.2) is 9.78 Å².